The van der Waals surface area contributed by atoms with Crippen LogP contribution in [0, 0.1) is 17.1 Å². The number of ether oxygens (including phenoxy) is 2. The van der Waals surface area contributed by atoms with Gasteiger partial charge in [0.25, 0.3) is 0 Å². The number of methoxy groups -OCH3 is 2. The van der Waals surface area contributed by atoms with E-state index in [0.29, 0.717) is 52.9 Å². The summed E-state index contributed by atoms with van der Waals surface area (Å²) in [6, 6.07) is 12.3. The number of halogens is 1. The van der Waals surface area contributed by atoms with Gasteiger partial charge in [0.1, 0.15) is 28.7 Å². The Balaban J connectivity index is 1.70. The zero-order valence-corrected chi connectivity index (χ0v) is 19.4. The predicted octanol–water partition coefficient (Wildman–Crippen LogP) is 4.91. The second-order valence-electron chi connectivity index (χ2n) is 7.69. The Labute approximate surface area is 197 Å². The third-order valence-corrected chi connectivity index (χ3v) is 5.59. The van der Waals surface area contributed by atoms with Gasteiger partial charge in [0.2, 0.25) is 0 Å². The number of nitriles is 1. The molecule has 0 saturated heterocycles. The van der Waals surface area contributed by atoms with Gasteiger partial charge in [0.15, 0.2) is 5.82 Å². The van der Waals surface area contributed by atoms with Gasteiger partial charge >= 0.3 is 0 Å². The van der Waals surface area contributed by atoms with Crippen LogP contribution in [-0.2, 0) is 20.0 Å². The Morgan fingerprint density at radius 1 is 1.12 bits per heavy atom. The summed E-state index contributed by atoms with van der Waals surface area (Å²) in [6.45, 7) is 2.34. The minimum atomic E-state index is -0.500. The first kappa shape index (κ1) is 22.9. The third kappa shape index (κ3) is 4.43. The second kappa shape index (κ2) is 9.67. The standard InChI is InChI=1S/C25H25FN6O2/c1-5-16-8-15(12-27)9-19(26)23(16)30-22-11-20-24(29-14-32(20)2)25(31-22)28-13-17-6-7-18(33-3)10-21(17)34-4/h6-11,14H,5,13H2,1-4H3,(H2,28,30,31). The molecular formula is C25H25FN6O2. The molecule has 0 aliphatic rings. The summed E-state index contributed by atoms with van der Waals surface area (Å²) in [5.41, 5.74) is 3.72. The molecule has 0 fully saturated rings. The highest BCUT2D eigenvalue weighted by atomic mass is 19.1. The maximum absolute atomic E-state index is 14.8. The van der Waals surface area contributed by atoms with E-state index in [-0.39, 0.29) is 5.56 Å². The van der Waals surface area contributed by atoms with E-state index in [2.05, 4.69) is 20.6 Å². The Morgan fingerprint density at radius 3 is 2.65 bits per heavy atom. The van der Waals surface area contributed by atoms with Crippen molar-refractivity contribution in [3.05, 3.63) is 65.2 Å². The maximum atomic E-state index is 14.8. The highest BCUT2D eigenvalue weighted by Gasteiger charge is 2.15. The highest BCUT2D eigenvalue weighted by Crippen LogP contribution is 2.30. The van der Waals surface area contributed by atoms with Crippen LogP contribution >= 0.6 is 0 Å². The number of anilines is 3. The van der Waals surface area contributed by atoms with Crippen LogP contribution in [-0.4, -0.2) is 28.8 Å². The van der Waals surface area contributed by atoms with Crippen molar-refractivity contribution in [2.24, 2.45) is 7.05 Å². The number of hydrogen-bond acceptors (Lipinski definition) is 7. The van der Waals surface area contributed by atoms with Crippen molar-refractivity contribution in [3.8, 4) is 17.6 Å². The first-order valence-corrected chi connectivity index (χ1v) is 10.7. The van der Waals surface area contributed by atoms with Crippen LogP contribution in [0.15, 0.2) is 42.7 Å². The molecule has 0 aliphatic heterocycles. The molecule has 4 rings (SSSR count). The Morgan fingerprint density at radius 2 is 1.94 bits per heavy atom. The van der Waals surface area contributed by atoms with Gasteiger partial charge in [-0.05, 0) is 36.2 Å². The molecule has 0 saturated carbocycles. The van der Waals surface area contributed by atoms with Gasteiger partial charge in [-0.25, -0.2) is 14.4 Å². The number of rotatable bonds is 8. The Kier molecular flexibility index (Phi) is 6.50. The number of imidazole rings is 1. The molecule has 0 atom stereocenters. The smallest absolute Gasteiger partial charge is 0.156 e. The number of aromatic nitrogens is 3. The zero-order valence-electron chi connectivity index (χ0n) is 19.4. The van der Waals surface area contributed by atoms with E-state index in [9.17, 15) is 4.39 Å². The molecule has 8 nitrogen and oxygen atoms in total. The molecule has 0 aliphatic carbocycles. The molecule has 174 valence electrons. The van der Waals surface area contributed by atoms with Crippen LogP contribution in [0.3, 0.4) is 0 Å². The Bertz CT molecular complexity index is 1390. The van der Waals surface area contributed by atoms with E-state index in [4.69, 9.17) is 14.7 Å². The molecular weight excluding hydrogens is 435 g/mol. The monoisotopic (exact) mass is 460 g/mol. The number of hydrogen-bond donors (Lipinski definition) is 2. The van der Waals surface area contributed by atoms with Crippen molar-refractivity contribution in [2.45, 2.75) is 19.9 Å². The molecule has 9 heteroatoms. The minimum Gasteiger partial charge on any atom is -0.497 e. The van der Waals surface area contributed by atoms with E-state index in [0.717, 1.165) is 11.1 Å². The summed E-state index contributed by atoms with van der Waals surface area (Å²) in [6.07, 6.45) is 2.26. The number of fused-ring (bicyclic) bond motifs is 1. The van der Waals surface area contributed by atoms with E-state index in [1.165, 1.54) is 6.07 Å². The summed E-state index contributed by atoms with van der Waals surface area (Å²) >= 11 is 0. The van der Waals surface area contributed by atoms with E-state index in [1.54, 1.807) is 26.6 Å². The van der Waals surface area contributed by atoms with Crippen LogP contribution in [0.4, 0.5) is 21.7 Å². The lowest BCUT2D eigenvalue weighted by molar-refractivity contribution is 0.391. The van der Waals surface area contributed by atoms with Gasteiger partial charge < -0.3 is 24.7 Å². The fourth-order valence-electron chi connectivity index (χ4n) is 3.77. The van der Waals surface area contributed by atoms with Crippen LogP contribution in [0.1, 0.15) is 23.6 Å². The maximum Gasteiger partial charge on any atom is 0.156 e. The molecule has 2 aromatic heterocycles. The fraction of sp³-hybridized carbons (Fsp3) is 0.240. The third-order valence-electron chi connectivity index (χ3n) is 5.59. The predicted molar refractivity (Wildman–Crippen MR) is 129 cm³/mol. The van der Waals surface area contributed by atoms with Crippen molar-refractivity contribution < 1.29 is 13.9 Å². The lowest BCUT2D eigenvalue weighted by Gasteiger charge is -2.15. The second-order valence-corrected chi connectivity index (χ2v) is 7.69. The van der Waals surface area contributed by atoms with E-state index in [1.807, 2.05) is 48.9 Å². The number of benzene rings is 2. The molecule has 0 bridgehead atoms. The molecule has 0 unspecified atom stereocenters. The van der Waals surface area contributed by atoms with Crippen LogP contribution in [0.5, 0.6) is 11.5 Å². The van der Waals surface area contributed by atoms with Gasteiger partial charge in [-0.15, -0.1) is 0 Å². The van der Waals surface area contributed by atoms with Crippen molar-refractivity contribution >= 4 is 28.4 Å². The summed E-state index contributed by atoms with van der Waals surface area (Å²) in [5.74, 6) is 1.89. The normalized spacial score (nSPS) is 10.7. The molecule has 0 radical (unpaired) electrons. The topological polar surface area (TPSA) is 97.0 Å². The summed E-state index contributed by atoms with van der Waals surface area (Å²) in [7, 11) is 5.10. The van der Waals surface area contributed by atoms with Crippen molar-refractivity contribution in [1.29, 1.82) is 5.26 Å². The van der Waals surface area contributed by atoms with Gasteiger partial charge in [0, 0.05) is 31.3 Å². The molecule has 0 amide bonds. The molecule has 34 heavy (non-hydrogen) atoms. The Hall–Kier alpha value is -4.32. The number of pyridine rings is 1. The molecule has 2 aromatic carbocycles. The molecule has 0 spiro atoms. The van der Waals surface area contributed by atoms with Crippen LogP contribution < -0.4 is 20.1 Å². The molecule has 4 aromatic rings. The molecule has 2 heterocycles. The van der Waals surface area contributed by atoms with E-state index < -0.39 is 5.82 Å². The number of aryl methyl sites for hydroxylation is 2. The first-order chi connectivity index (χ1) is 16.5. The first-order valence-electron chi connectivity index (χ1n) is 10.7. The van der Waals surface area contributed by atoms with Crippen LogP contribution in [0.25, 0.3) is 11.0 Å². The van der Waals surface area contributed by atoms with E-state index >= 15 is 0 Å². The molecule has 2 N–H and O–H groups in total. The average Bonchev–Trinajstić information content (AvgIpc) is 3.24. The van der Waals surface area contributed by atoms with Gasteiger partial charge in [-0.2, -0.15) is 5.26 Å². The average molecular weight is 461 g/mol. The lowest BCUT2D eigenvalue weighted by Crippen LogP contribution is -2.07. The summed E-state index contributed by atoms with van der Waals surface area (Å²) < 4.78 is 27.5. The lowest BCUT2D eigenvalue weighted by atomic mass is 10.1. The van der Waals surface area contributed by atoms with Gasteiger partial charge in [0.05, 0.1) is 43.4 Å². The fourth-order valence-corrected chi connectivity index (χ4v) is 3.77. The summed E-state index contributed by atoms with van der Waals surface area (Å²) in [4.78, 5) is 9.15. The van der Waals surface area contributed by atoms with Gasteiger partial charge in [-0.1, -0.05) is 6.92 Å². The van der Waals surface area contributed by atoms with Crippen LogP contribution in [0.2, 0.25) is 0 Å². The van der Waals surface area contributed by atoms with Crippen molar-refractivity contribution in [3.63, 3.8) is 0 Å². The van der Waals surface area contributed by atoms with Crippen molar-refractivity contribution in [1.82, 2.24) is 14.5 Å². The highest BCUT2D eigenvalue weighted by molar-refractivity contribution is 5.89. The van der Waals surface area contributed by atoms with Gasteiger partial charge in [-0.3, -0.25) is 0 Å². The number of nitrogens with one attached hydrogen (secondary N) is 2. The van der Waals surface area contributed by atoms with Crippen molar-refractivity contribution in [2.75, 3.05) is 24.9 Å². The zero-order chi connectivity index (χ0) is 24.2. The largest absolute Gasteiger partial charge is 0.497 e. The minimum absolute atomic E-state index is 0.283. The number of nitrogens with zero attached hydrogens (tertiary/aromatic N) is 4. The summed E-state index contributed by atoms with van der Waals surface area (Å²) in [5, 5.41) is 15.6. The SMILES string of the molecule is CCc1cc(C#N)cc(F)c1Nc1cc2c(ncn2C)c(NCc2ccc(OC)cc2OC)n1. The quantitative estimate of drug-likeness (QED) is 0.385.